The number of aromatic nitrogens is 2. The number of rotatable bonds is 7. The van der Waals surface area contributed by atoms with Gasteiger partial charge in [0, 0.05) is 35.9 Å². The van der Waals surface area contributed by atoms with Crippen molar-refractivity contribution >= 4 is 11.7 Å². The normalized spacial score (nSPS) is 16.6. The van der Waals surface area contributed by atoms with Crippen molar-refractivity contribution in [3.8, 4) is 22.8 Å². The minimum atomic E-state index is -4.53. The summed E-state index contributed by atoms with van der Waals surface area (Å²) in [5.74, 6) is -0.687. The molecule has 7 nitrogen and oxygen atoms in total. The SMILES string of the molecule is C[C@H]1CCCCN1c1ccc(-c2nc(-c3cccc(CN(C)CC(=O)O)c3)no2)cc1C(F)(F)F. The van der Waals surface area contributed by atoms with Crippen LogP contribution in [0.4, 0.5) is 18.9 Å². The number of anilines is 1. The average molecular weight is 489 g/mol. The van der Waals surface area contributed by atoms with E-state index >= 15 is 0 Å². The summed E-state index contributed by atoms with van der Waals surface area (Å²) >= 11 is 0. The van der Waals surface area contributed by atoms with Crippen molar-refractivity contribution in [2.75, 3.05) is 25.0 Å². The molecule has 0 unspecified atom stereocenters. The molecule has 10 heteroatoms. The second kappa shape index (κ2) is 10.1. The summed E-state index contributed by atoms with van der Waals surface area (Å²) in [6.07, 6.45) is -1.79. The highest BCUT2D eigenvalue weighted by Gasteiger charge is 2.37. The Morgan fingerprint density at radius 2 is 2.00 bits per heavy atom. The van der Waals surface area contributed by atoms with Gasteiger partial charge in [-0.3, -0.25) is 9.69 Å². The van der Waals surface area contributed by atoms with Crippen LogP contribution in [-0.2, 0) is 17.5 Å². The van der Waals surface area contributed by atoms with E-state index in [-0.39, 0.29) is 35.6 Å². The monoisotopic (exact) mass is 488 g/mol. The van der Waals surface area contributed by atoms with Gasteiger partial charge in [-0.2, -0.15) is 18.2 Å². The van der Waals surface area contributed by atoms with Gasteiger partial charge in [-0.25, -0.2) is 0 Å². The number of piperidine rings is 1. The maximum absolute atomic E-state index is 14.0. The largest absolute Gasteiger partial charge is 0.480 e. The third-order valence-corrected chi connectivity index (χ3v) is 6.13. The molecule has 0 bridgehead atoms. The Hall–Kier alpha value is -3.40. The Kier molecular flexibility index (Phi) is 7.11. The molecule has 0 radical (unpaired) electrons. The van der Waals surface area contributed by atoms with Crippen molar-refractivity contribution in [1.29, 1.82) is 0 Å². The van der Waals surface area contributed by atoms with E-state index in [0.29, 0.717) is 18.7 Å². The lowest BCUT2D eigenvalue weighted by Crippen LogP contribution is -2.38. The molecule has 0 aliphatic carbocycles. The molecule has 4 rings (SSSR count). The minimum absolute atomic E-state index is 0.00265. The maximum atomic E-state index is 14.0. The van der Waals surface area contributed by atoms with Gasteiger partial charge in [-0.05, 0) is 63.1 Å². The van der Waals surface area contributed by atoms with E-state index in [0.717, 1.165) is 30.9 Å². The van der Waals surface area contributed by atoms with E-state index in [2.05, 4.69) is 10.1 Å². The van der Waals surface area contributed by atoms with Gasteiger partial charge in [0.05, 0.1) is 12.1 Å². The lowest BCUT2D eigenvalue weighted by atomic mass is 9.99. The van der Waals surface area contributed by atoms with Crippen LogP contribution in [0.1, 0.15) is 37.3 Å². The number of benzene rings is 2. The number of carboxylic acid groups (broad SMARTS) is 1. The van der Waals surface area contributed by atoms with Crippen LogP contribution < -0.4 is 4.90 Å². The van der Waals surface area contributed by atoms with Crippen LogP contribution in [0.25, 0.3) is 22.8 Å². The van der Waals surface area contributed by atoms with Gasteiger partial charge in [0.15, 0.2) is 0 Å². The lowest BCUT2D eigenvalue weighted by molar-refractivity contribution is -0.138. The fraction of sp³-hybridized carbons (Fsp3) is 0.400. The van der Waals surface area contributed by atoms with Crippen molar-refractivity contribution in [2.24, 2.45) is 0 Å². The number of aliphatic carboxylic acids is 1. The Morgan fingerprint density at radius 1 is 1.20 bits per heavy atom. The van der Waals surface area contributed by atoms with E-state index in [4.69, 9.17) is 9.63 Å². The molecule has 0 spiro atoms. The number of nitrogens with zero attached hydrogens (tertiary/aromatic N) is 4. The first-order chi connectivity index (χ1) is 16.6. The fourth-order valence-corrected chi connectivity index (χ4v) is 4.47. The summed E-state index contributed by atoms with van der Waals surface area (Å²) in [6.45, 7) is 2.83. The maximum Gasteiger partial charge on any atom is 0.418 e. The second-order valence-electron chi connectivity index (χ2n) is 8.96. The minimum Gasteiger partial charge on any atom is -0.480 e. The Labute approximate surface area is 201 Å². The third-order valence-electron chi connectivity index (χ3n) is 6.13. The van der Waals surface area contributed by atoms with Crippen LogP contribution in [0.2, 0.25) is 0 Å². The third kappa shape index (κ3) is 5.82. The predicted octanol–water partition coefficient (Wildman–Crippen LogP) is 5.32. The molecule has 1 saturated heterocycles. The summed E-state index contributed by atoms with van der Waals surface area (Å²) < 4.78 is 47.3. The molecule has 3 aromatic rings. The molecule has 0 amide bonds. The smallest absolute Gasteiger partial charge is 0.418 e. The van der Waals surface area contributed by atoms with Crippen molar-refractivity contribution in [3.05, 3.63) is 53.6 Å². The summed E-state index contributed by atoms with van der Waals surface area (Å²) in [5.41, 5.74) is 1.12. The molecule has 1 aromatic heterocycles. The van der Waals surface area contributed by atoms with Gasteiger partial charge in [0.2, 0.25) is 5.82 Å². The number of hydrogen-bond acceptors (Lipinski definition) is 6. The summed E-state index contributed by atoms with van der Waals surface area (Å²) in [5, 5.41) is 12.9. The van der Waals surface area contributed by atoms with Crippen molar-refractivity contribution < 1.29 is 27.6 Å². The van der Waals surface area contributed by atoms with Gasteiger partial charge in [0.25, 0.3) is 5.89 Å². The number of alkyl halides is 3. The highest BCUT2D eigenvalue weighted by Crippen LogP contribution is 2.41. The zero-order valence-corrected chi connectivity index (χ0v) is 19.5. The lowest BCUT2D eigenvalue weighted by Gasteiger charge is -2.37. The summed E-state index contributed by atoms with van der Waals surface area (Å²) in [7, 11) is 1.69. The molecular weight excluding hydrogens is 461 g/mol. The summed E-state index contributed by atoms with van der Waals surface area (Å²) in [4.78, 5) is 18.7. The highest BCUT2D eigenvalue weighted by molar-refractivity contribution is 5.69. The number of carboxylic acids is 1. The first-order valence-electron chi connectivity index (χ1n) is 11.4. The number of halogens is 3. The number of hydrogen-bond donors (Lipinski definition) is 1. The van der Waals surface area contributed by atoms with E-state index in [9.17, 15) is 18.0 Å². The van der Waals surface area contributed by atoms with Gasteiger partial charge in [0.1, 0.15) is 0 Å². The first-order valence-corrected chi connectivity index (χ1v) is 11.4. The predicted molar refractivity (Wildman–Crippen MR) is 125 cm³/mol. The number of likely N-dealkylation sites (N-methyl/N-ethyl adjacent to an activating group) is 1. The van der Waals surface area contributed by atoms with Gasteiger partial charge >= 0.3 is 12.1 Å². The van der Waals surface area contributed by atoms with Crippen LogP contribution in [-0.4, -0.2) is 52.3 Å². The van der Waals surface area contributed by atoms with Crippen LogP contribution in [0, 0.1) is 0 Å². The van der Waals surface area contributed by atoms with E-state index in [1.807, 2.05) is 17.9 Å². The van der Waals surface area contributed by atoms with Crippen LogP contribution in [0.15, 0.2) is 47.0 Å². The van der Waals surface area contributed by atoms with E-state index in [1.54, 1.807) is 36.2 Å². The second-order valence-corrected chi connectivity index (χ2v) is 8.96. The molecule has 1 N–H and O–H groups in total. The fourth-order valence-electron chi connectivity index (χ4n) is 4.47. The number of carbonyl (C=O) groups is 1. The van der Waals surface area contributed by atoms with Crippen LogP contribution >= 0.6 is 0 Å². The van der Waals surface area contributed by atoms with Crippen LogP contribution in [0.3, 0.4) is 0 Å². The molecule has 0 saturated carbocycles. The molecule has 1 atom stereocenters. The average Bonchev–Trinajstić information content (AvgIpc) is 3.28. The first kappa shape index (κ1) is 24.7. The molecule has 2 aromatic carbocycles. The van der Waals surface area contributed by atoms with E-state index < -0.39 is 17.7 Å². The van der Waals surface area contributed by atoms with Gasteiger partial charge in [-0.1, -0.05) is 23.4 Å². The zero-order valence-electron chi connectivity index (χ0n) is 19.5. The standard InChI is InChI=1S/C25H27F3N4O3/c1-16-6-3-4-11-32(16)21-10-9-19(13-20(21)25(26,27)28)24-29-23(30-35-24)18-8-5-7-17(12-18)14-31(2)15-22(33)34/h5,7-10,12-13,16H,3-4,6,11,14-15H2,1-2H3,(H,33,34)/t16-/m0/s1. The van der Waals surface area contributed by atoms with Gasteiger partial charge < -0.3 is 14.5 Å². The quantitative estimate of drug-likeness (QED) is 0.482. The van der Waals surface area contributed by atoms with E-state index in [1.165, 1.54) is 6.07 Å². The Morgan fingerprint density at radius 3 is 2.71 bits per heavy atom. The zero-order chi connectivity index (χ0) is 25.2. The van der Waals surface area contributed by atoms with Crippen molar-refractivity contribution in [3.63, 3.8) is 0 Å². The molecule has 2 heterocycles. The summed E-state index contributed by atoms with van der Waals surface area (Å²) in [6, 6.07) is 11.4. The molecule has 35 heavy (non-hydrogen) atoms. The molecule has 1 aliphatic heterocycles. The Bertz CT molecular complexity index is 1190. The molecule has 1 aliphatic rings. The molecule has 186 valence electrons. The molecule has 1 fully saturated rings. The van der Waals surface area contributed by atoms with Gasteiger partial charge in [-0.15, -0.1) is 0 Å². The molecular formula is C25H27F3N4O3. The van der Waals surface area contributed by atoms with Crippen LogP contribution in [0.5, 0.6) is 0 Å². The highest BCUT2D eigenvalue weighted by atomic mass is 19.4. The van der Waals surface area contributed by atoms with Crippen molar-refractivity contribution in [2.45, 2.75) is 44.9 Å². The Balaban J connectivity index is 1.61. The van der Waals surface area contributed by atoms with Crippen molar-refractivity contribution in [1.82, 2.24) is 15.0 Å². The topological polar surface area (TPSA) is 82.7 Å².